The van der Waals surface area contributed by atoms with Gasteiger partial charge in [-0.1, -0.05) is 24.3 Å². The van der Waals surface area contributed by atoms with E-state index >= 15 is 0 Å². The molecule has 0 fully saturated rings. The molecule has 1 N–H and O–H groups in total. The van der Waals surface area contributed by atoms with Gasteiger partial charge in [-0.3, -0.25) is 4.79 Å². The zero-order valence-electron chi connectivity index (χ0n) is 15.5. The zero-order valence-corrected chi connectivity index (χ0v) is 17.1. The van der Waals surface area contributed by atoms with Gasteiger partial charge in [-0.15, -0.1) is 23.1 Å². The highest BCUT2D eigenvalue weighted by Crippen LogP contribution is 2.24. The molecule has 28 heavy (non-hydrogen) atoms. The molecule has 0 saturated carbocycles. The van der Waals surface area contributed by atoms with Gasteiger partial charge in [0.05, 0.1) is 16.0 Å². The molecular formula is C21H20N4OS2. The predicted octanol–water partition coefficient (Wildman–Crippen LogP) is 4.72. The first-order valence-electron chi connectivity index (χ1n) is 8.96. The monoisotopic (exact) mass is 408 g/mol. The molecule has 4 rings (SSSR count). The van der Waals surface area contributed by atoms with E-state index in [2.05, 4.69) is 25.9 Å². The number of imidazole rings is 1. The molecule has 0 aliphatic heterocycles. The van der Waals surface area contributed by atoms with Crippen LogP contribution in [0.3, 0.4) is 0 Å². The van der Waals surface area contributed by atoms with Gasteiger partial charge in [0.1, 0.15) is 10.8 Å². The number of rotatable bonds is 7. The smallest absolute Gasteiger partial charge is 0.234 e. The van der Waals surface area contributed by atoms with Crippen LogP contribution < -0.4 is 5.32 Å². The van der Waals surface area contributed by atoms with Crippen LogP contribution in [0, 0.1) is 6.92 Å². The van der Waals surface area contributed by atoms with E-state index in [1.807, 2.05) is 55.6 Å². The van der Waals surface area contributed by atoms with Crippen LogP contribution in [-0.4, -0.2) is 26.2 Å². The Hall–Kier alpha value is -2.64. The fourth-order valence-electron chi connectivity index (χ4n) is 2.87. The number of nitrogens with one attached hydrogen (secondary N) is 1. The number of carbonyl (C=O) groups excluding carboxylic acids is 1. The second-order valence-electron chi connectivity index (χ2n) is 6.42. The van der Waals surface area contributed by atoms with Crippen molar-refractivity contribution in [1.29, 1.82) is 0 Å². The van der Waals surface area contributed by atoms with Crippen molar-refractivity contribution in [3.63, 3.8) is 0 Å². The van der Waals surface area contributed by atoms with Gasteiger partial charge in [0.2, 0.25) is 5.91 Å². The summed E-state index contributed by atoms with van der Waals surface area (Å²) in [7, 11) is 0. The van der Waals surface area contributed by atoms with Crippen molar-refractivity contribution in [2.75, 3.05) is 11.1 Å². The minimum Gasteiger partial charge on any atom is -0.331 e. The SMILES string of the molecule is Cc1nccn1Cc1ccc(NC(=O)CSCc2nc3ccccc3s2)cc1. The molecule has 5 nitrogen and oxygen atoms in total. The molecular weight excluding hydrogens is 388 g/mol. The van der Waals surface area contributed by atoms with Gasteiger partial charge < -0.3 is 9.88 Å². The largest absolute Gasteiger partial charge is 0.331 e. The van der Waals surface area contributed by atoms with Crippen molar-refractivity contribution in [2.24, 2.45) is 0 Å². The fourth-order valence-corrected chi connectivity index (χ4v) is 4.72. The normalized spacial score (nSPS) is 11.0. The Morgan fingerprint density at radius 3 is 2.75 bits per heavy atom. The Morgan fingerprint density at radius 1 is 1.18 bits per heavy atom. The number of fused-ring (bicyclic) bond motifs is 1. The van der Waals surface area contributed by atoms with Crippen molar-refractivity contribution >= 4 is 44.9 Å². The second-order valence-corrected chi connectivity index (χ2v) is 8.52. The summed E-state index contributed by atoms with van der Waals surface area (Å²) in [4.78, 5) is 21.0. The minimum atomic E-state index is 0.00400. The van der Waals surface area contributed by atoms with Crippen LogP contribution in [0.2, 0.25) is 0 Å². The number of hydrogen-bond donors (Lipinski definition) is 1. The highest BCUT2D eigenvalue weighted by atomic mass is 32.2. The standard InChI is InChI=1S/C21H20N4OS2/c1-15-22-10-11-25(15)12-16-6-8-17(9-7-16)23-20(26)13-27-14-21-24-18-4-2-3-5-19(18)28-21/h2-11H,12-14H2,1H3,(H,23,26). The van der Waals surface area contributed by atoms with Crippen LogP contribution in [0.15, 0.2) is 60.9 Å². The Balaban J connectivity index is 1.26. The van der Waals surface area contributed by atoms with Crippen LogP contribution >= 0.6 is 23.1 Å². The number of aryl methyl sites for hydroxylation is 1. The fraction of sp³-hybridized carbons (Fsp3) is 0.190. The summed E-state index contributed by atoms with van der Waals surface area (Å²) in [6.07, 6.45) is 3.77. The molecule has 2 aromatic carbocycles. The molecule has 1 amide bonds. The first kappa shape index (κ1) is 18.7. The van der Waals surface area contributed by atoms with Crippen molar-refractivity contribution in [3.8, 4) is 0 Å². The number of nitrogens with zero attached hydrogens (tertiary/aromatic N) is 3. The van der Waals surface area contributed by atoms with Gasteiger partial charge in [-0.2, -0.15) is 0 Å². The van der Waals surface area contributed by atoms with Crippen molar-refractivity contribution in [3.05, 3.63) is 77.3 Å². The molecule has 2 heterocycles. The summed E-state index contributed by atoms with van der Waals surface area (Å²) < 4.78 is 3.28. The highest BCUT2D eigenvalue weighted by Gasteiger charge is 2.07. The van der Waals surface area contributed by atoms with Crippen LogP contribution in [0.25, 0.3) is 10.2 Å². The Bertz CT molecular complexity index is 1050. The van der Waals surface area contributed by atoms with E-state index in [0.29, 0.717) is 5.75 Å². The lowest BCUT2D eigenvalue weighted by atomic mass is 10.2. The van der Waals surface area contributed by atoms with Gasteiger partial charge in [0.25, 0.3) is 0 Å². The molecule has 0 saturated heterocycles. The van der Waals surface area contributed by atoms with Crippen LogP contribution in [0.4, 0.5) is 5.69 Å². The Kier molecular flexibility index (Phi) is 5.73. The number of benzene rings is 2. The summed E-state index contributed by atoms with van der Waals surface area (Å²) in [5.41, 5.74) is 3.01. The summed E-state index contributed by atoms with van der Waals surface area (Å²) >= 11 is 3.27. The molecule has 0 radical (unpaired) electrons. The van der Waals surface area contributed by atoms with Crippen LogP contribution in [-0.2, 0) is 17.1 Å². The Morgan fingerprint density at radius 2 is 2.00 bits per heavy atom. The molecule has 0 atom stereocenters. The number of para-hydroxylation sites is 1. The molecule has 0 aliphatic rings. The van der Waals surface area contributed by atoms with Gasteiger partial charge >= 0.3 is 0 Å². The third-order valence-corrected chi connectivity index (χ3v) is 6.47. The van der Waals surface area contributed by atoms with Gasteiger partial charge in [0, 0.05) is 30.4 Å². The second kappa shape index (κ2) is 8.58. The van der Waals surface area contributed by atoms with Gasteiger partial charge in [0.15, 0.2) is 0 Å². The number of thiazole rings is 1. The number of amides is 1. The summed E-state index contributed by atoms with van der Waals surface area (Å²) in [5.74, 6) is 2.15. The van der Waals surface area contributed by atoms with E-state index in [1.54, 1.807) is 29.3 Å². The average molecular weight is 409 g/mol. The zero-order chi connectivity index (χ0) is 19.3. The molecule has 0 spiro atoms. The molecule has 2 aromatic heterocycles. The topological polar surface area (TPSA) is 59.8 Å². The van der Waals surface area contributed by atoms with Gasteiger partial charge in [-0.05, 0) is 36.8 Å². The summed E-state index contributed by atoms with van der Waals surface area (Å²) in [6, 6.07) is 16.1. The molecule has 0 bridgehead atoms. The van der Waals surface area contributed by atoms with E-state index in [9.17, 15) is 4.79 Å². The maximum absolute atomic E-state index is 12.2. The van der Waals surface area contributed by atoms with Crippen LogP contribution in [0.1, 0.15) is 16.4 Å². The van der Waals surface area contributed by atoms with Gasteiger partial charge in [-0.25, -0.2) is 9.97 Å². The number of thioether (sulfide) groups is 1. The van der Waals surface area contributed by atoms with E-state index in [-0.39, 0.29) is 5.91 Å². The lowest BCUT2D eigenvalue weighted by Crippen LogP contribution is -2.14. The Labute approximate surface area is 171 Å². The predicted molar refractivity (Wildman–Crippen MR) is 117 cm³/mol. The first-order chi connectivity index (χ1) is 13.7. The minimum absolute atomic E-state index is 0.00400. The highest BCUT2D eigenvalue weighted by molar-refractivity contribution is 7.99. The quantitative estimate of drug-likeness (QED) is 0.481. The molecule has 7 heteroatoms. The van der Waals surface area contributed by atoms with Crippen LogP contribution in [0.5, 0.6) is 0 Å². The molecule has 4 aromatic rings. The number of aromatic nitrogens is 3. The van der Waals surface area contributed by atoms with E-state index in [0.717, 1.165) is 34.3 Å². The summed E-state index contributed by atoms with van der Waals surface area (Å²) in [6.45, 7) is 2.76. The average Bonchev–Trinajstić information content (AvgIpc) is 3.29. The maximum Gasteiger partial charge on any atom is 0.234 e. The van der Waals surface area contributed by atoms with E-state index in [4.69, 9.17) is 0 Å². The van der Waals surface area contributed by atoms with E-state index in [1.165, 1.54) is 10.3 Å². The first-order valence-corrected chi connectivity index (χ1v) is 10.9. The third kappa shape index (κ3) is 4.61. The lowest BCUT2D eigenvalue weighted by molar-refractivity contribution is -0.113. The number of carbonyl (C=O) groups is 1. The lowest BCUT2D eigenvalue weighted by Gasteiger charge is -2.08. The number of hydrogen-bond acceptors (Lipinski definition) is 5. The third-order valence-electron chi connectivity index (χ3n) is 4.31. The number of anilines is 1. The molecule has 0 aliphatic carbocycles. The molecule has 142 valence electrons. The summed E-state index contributed by atoms with van der Waals surface area (Å²) in [5, 5.41) is 4.01. The molecule has 0 unspecified atom stereocenters. The van der Waals surface area contributed by atoms with E-state index < -0.39 is 0 Å². The maximum atomic E-state index is 12.2. The van der Waals surface area contributed by atoms with Crippen molar-refractivity contribution < 1.29 is 4.79 Å². The van der Waals surface area contributed by atoms with Crippen molar-refractivity contribution in [2.45, 2.75) is 19.2 Å². The van der Waals surface area contributed by atoms with Crippen molar-refractivity contribution in [1.82, 2.24) is 14.5 Å².